The van der Waals surface area contributed by atoms with Crippen molar-refractivity contribution in [3.63, 3.8) is 0 Å². The van der Waals surface area contributed by atoms with Gasteiger partial charge in [0, 0.05) is 29.1 Å². The van der Waals surface area contributed by atoms with Crippen LogP contribution in [0.25, 0.3) is 44.3 Å². The van der Waals surface area contributed by atoms with Gasteiger partial charge in [-0.15, -0.1) is 0 Å². The normalized spacial score (nSPS) is 12.1. The summed E-state index contributed by atoms with van der Waals surface area (Å²) in [6, 6.07) is 36.3. The van der Waals surface area contributed by atoms with Crippen molar-refractivity contribution in [3.05, 3.63) is 121 Å². The van der Waals surface area contributed by atoms with Gasteiger partial charge in [-0.3, -0.25) is 4.57 Å². The third-order valence-electron chi connectivity index (χ3n) is 8.03. The summed E-state index contributed by atoms with van der Waals surface area (Å²) in [4.78, 5) is 4.81. The highest BCUT2D eigenvalue weighted by molar-refractivity contribution is 6.09. The van der Waals surface area contributed by atoms with E-state index in [0.29, 0.717) is 6.04 Å². The van der Waals surface area contributed by atoms with Gasteiger partial charge in [-0.05, 0) is 79.4 Å². The Morgan fingerprint density at radius 1 is 0.714 bits per heavy atom. The summed E-state index contributed by atoms with van der Waals surface area (Å²) in [5.41, 5.74) is 6.90. The molecule has 0 bridgehead atoms. The highest BCUT2D eigenvalue weighted by Gasteiger charge is 2.20. The third-order valence-corrected chi connectivity index (χ3v) is 8.03. The summed E-state index contributed by atoms with van der Waals surface area (Å²) in [7, 11) is 0. The summed E-state index contributed by atoms with van der Waals surface area (Å²) in [6.07, 6.45) is 4.09. The van der Waals surface area contributed by atoms with Crippen LogP contribution in [0, 0.1) is 0 Å². The molecular weight excluding hydrogens is 516 g/mol. The lowest BCUT2D eigenvalue weighted by molar-refractivity contribution is -0.691. The van der Waals surface area contributed by atoms with E-state index in [4.69, 9.17) is 9.72 Å². The Morgan fingerprint density at radius 3 is 2.26 bits per heavy atom. The number of hydrogen-bond donors (Lipinski definition) is 0. The topological polar surface area (TPSA) is 35.9 Å². The Kier molecular flexibility index (Phi) is 6.12. The fraction of sp³-hybridized carbons (Fsp3) is 0.189. The summed E-state index contributed by atoms with van der Waals surface area (Å²) in [5.74, 6) is 2.48. The van der Waals surface area contributed by atoms with Crippen molar-refractivity contribution >= 4 is 32.8 Å². The molecular formula is C37H35N4O+. The van der Waals surface area contributed by atoms with Crippen molar-refractivity contribution in [2.45, 2.75) is 46.1 Å². The molecule has 0 unspecified atom stereocenters. The van der Waals surface area contributed by atoms with Crippen molar-refractivity contribution < 1.29 is 9.30 Å². The van der Waals surface area contributed by atoms with E-state index in [9.17, 15) is 0 Å². The molecule has 4 aromatic carbocycles. The molecule has 0 N–H and O–H groups in total. The van der Waals surface area contributed by atoms with E-state index in [0.717, 1.165) is 34.0 Å². The Morgan fingerprint density at radius 2 is 1.45 bits per heavy atom. The van der Waals surface area contributed by atoms with Gasteiger partial charge in [0.2, 0.25) is 6.33 Å². The molecule has 0 fully saturated rings. The molecule has 0 atom stereocenters. The first-order valence-corrected chi connectivity index (χ1v) is 14.6. The minimum absolute atomic E-state index is 0.0230. The smallest absolute Gasteiger partial charge is 0.250 e. The second-order valence-electron chi connectivity index (χ2n) is 12.3. The van der Waals surface area contributed by atoms with Gasteiger partial charge in [-0.1, -0.05) is 57.2 Å². The van der Waals surface area contributed by atoms with Gasteiger partial charge in [-0.2, -0.15) is 4.57 Å². The minimum atomic E-state index is 0.0230. The summed E-state index contributed by atoms with van der Waals surface area (Å²) in [6.45, 7) is 11.1. The van der Waals surface area contributed by atoms with E-state index in [2.05, 4.69) is 152 Å². The van der Waals surface area contributed by atoms with Crippen molar-refractivity contribution in [1.82, 2.24) is 14.1 Å². The number of aromatic nitrogens is 4. The van der Waals surface area contributed by atoms with Crippen molar-refractivity contribution in [1.29, 1.82) is 0 Å². The van der Waals surface area contributed by atoms with Gasteiger partial charge < -0.3 is 4.74 Å². The molecule has 0 spiro atoms. The van der Waals surface area contributed by atoms with E-state index in [1.54, 1.807) is 0 Å². The monoisotopic (exact) mass is 551 g/mol. The zero-order valence-corrected chi connectivity index (χ0v) is 24.7. The predicted molar refractivity (Wildman–Crippen MR) is 171 cm³/mol. The van der Waals surface area contributed by atoms with Crippen molar-refractivity contribution in [3.8, 4) is 23.0 Å². The Balaban J connectivity index is 1.32. The van der Waals surface area contributed by atoms with E-state index in [-0.39, 0.29) is 5.41 Å². The molecule has 0 aliphatic heterocycles. The number of para-hydroxylation sites is 3. The number of imidazole rings is 1. The zero-order valence-electron chi connectivity index (χ0n) is 24.7. The van der Waals surface area contributed by atoms with Gasteiger partial charge in [0.1, 0.15) is 23.0 Å². The lowest BCUT2D eigenvalue weighted by Gasteiger charge is -2.20. The van der Waals surface area contributed by atoms with Gasteiger partial charge in [0.05, 0.1) is 17.1 Å². The summed E-state index contributed by atoms with van der Waals surface area (Å²) in [5, 5.41) is 2.37. The number of nitrogens with zero attached hydrogens (tertiary/aromatic N) is 4. The Labute approximate surface area is 246 Å². The highest BCUT2D eigenvalue weighted by atomic mass is 16.5. The van der Waals surface area contributed by atoms with Crippen molar-refractivity contribution in [2.75, 3.05) is 0 Å². The molecule has 3 aromatic heterocycles. The third kappa shape index (κ3) is 4.42. The quantitative estimate of drug-likeness (QED) is 0.200. The van der Waals surface area contributed by atoms with Crippen LogP contribution in [0.3, 0.4) is 0 Å². The average Bonchev–Trinajstić information content (AvgIpc) is 3.53. The van der Waals surface area contributed by atoms with E-state index < -0.39 is 0 Å². The van der Waals surface area contributed by atoms with E-state index in [1.807, 2.05) is 12.3 Å². The van der Waals surface area contributed by atoms with Gasteiger partial charge in [-0.25, -0.2) is 9.55 Å². The Bertz CT molecular complexity index is 2090. The maximum atomic E-state index is 6.53. The first-order valence-electron chi connectivity index (χ1n) is 14.6. The highest BCUT2D eigenvalue weighted by Crippen LogP contribution is 2.36. The van der Waals surface area contributed by atoms with E-state index in [1.165, 1.54) is 27.4 Å². The number of rotatable bonds is 5. The Hall–Kier alpha value is -4.90. The fourth-order valence-electron chi connectivity index (χ4n) is 5.85. The second-order valence-corrected chi connectivity index (χ2v) is 12.3. The first kappa shape index (κ1) is 26.0. The number of ether oxygens (including phenoxy) is 1. The molecule has 3 heterocycles. The second kappa shape index (κ2) is 9.88. The summed E-state index contributed by atoms with van der Waals surface area (Å²) >= 11 is 0. The van der Waals surface area contributed by atoms with Crippen LogP contribution < -0.4 is 9.30 Å². The van der Waals surface area contributed by atoms with Gasteiger partial charge >= 0.3 is 0 Å². The van der Waals surface area contributed by atoms with Crippen LogP contribution in [0.4, 0.5) is 0 Å². The average molecular weight is 552 g/mol. The molecule has 7 aromatic rings. The molecule has 0 saturated carbocycles. The number of benzene rings is 4. The van der Waals surface area contributed by atoms with Gasteiger partial charge in [0.25, 0.3) is 0 Å². The molecule has 0 aliphatic rings. The predicted octanol–water partition coefficient (Wildman–Crippen LogP) is 9.08. The maximum absolute atomic E-state index is 6.53. The van der Waals surface area contributed by atoms with Crippen LogP contribution in [0.1, 0.15) is 46.2 Å². The molecule has 42 heavy (non-hydrogen) atoms. The maximum Gasteiger partial charge on any atom is 0.250 e. The number of fused-ring (bicyclic) bond motifs is 4. The largest absolute Gasteiger partial charge is 0.457 e. The number of pyridine rings is 1. The molecule has 208 valence electrons. The van der Waals surface area contributed by atoms with Crippen molar-refractivity contribution in [2.24, 2.45) is 0 Å². The van der Waals surface area contributed by atoms with Crippen LogP contribution in [0.15, 0.2) is 116 Å². The van der Waals surface area contributed by atoms with E-state index >= 15 is 0 Å². The van der Waals surface area contributed by atoms with Gasteiger partial charge in [0.15, 0.2) is 11.0 Å². The molecule has 5 heteroatoms. The SMILES string of the molecule is CC(C)[n+]1cn(-c2cccc(Oc3ccc4c5ccccc5n(-c5cc(C(C)(C)C)ccn5)c4c3)c2)c2ccccc21. The zero-order chi connectivity index (χ0) is 29.0. The molecule has 0 radical (unpaired) electrons. The van der Waals surface area contributed by atoms with Crippen LogP contribution in [0.2, 0.25) is 0 Å². The lowest BCUT2D eigenvalue weighted by atomic mass is 9.88. The molecule has 5 nitrogen and oxygen atoms in total. The summed E-state index contributed by atoms with van der Waals surface area (Å²) < 4.78 is 13.3. The standard InChI is InChI=1S/C37H35N4O/c1-25(2)39-24-40(34-16-9-8-15-33(34)39)27-11-10-12-28(22-27)42-29-17-18-31-30-13-6-7-14-32(30)41(35(31)23-29)36-21-26(19-20-38-36)37(3,4)5/h6-25H,1-5H3/q+1. The minimum Gasteiger partial charge on any atom is -0.457 e. The first-order chi connectivity index (χ1) is 20.3. The molecule has 0 amide bonds. The fourth-order valence-corrected chi connectivity index (χ4v) is 5.85. The lowest BCUT2D eigenvalue weighted by Crippen LogP contribution is -2.34. The van der Waals surface area contributed by atoms with Crippen LogP contribution >= 0.6 is 0 Å². The molecule has 7 rings (SSSR count). The molecule has 0 saturated heterocycles. The van der Waals surface area contributed by atoms with Crippen LogP contribution in [-0.2, 0) is 5.41 Å². The van der Waals surface area contributed by atoms with Crippen LogP contribution in [-0.4, -0.2) is 14.1 Å². The van der Waals surface area contributed by atoms with Crippen LogP contribution in [0.5, 0.6) is 11.5 Å². The molecule has 0 aliphatic carbocycles. The number of hydrogen-bond acceptors (Lipinski definition) is 2.